The van der Waals surface area contributed by atoms with E-state index in [1.54, 1.807) is 24.4 Å². The quantitative estimate of drug-likeness (QED) is 0.635. The highest BCUT2D eigenvalue weighted by molar-refractivity contribution is 7.91. The molecule has 0 bridgehead atoms. The van der Waals surface area contributed by atoms with Gasteiger partial charge in [-0.3, -0.25) is 4.79 Å². The predicted octanol–water partition coefficient (Wildman–Crippen LogP) is 2.77. The highest BCUT2D eigenvalue weighted by Gasteiger charge is 2.40. The summed E-state index contributed by atoms with van der Waals surface area (Å²) in [7, 11) is -1.72. The van der Waals surface area contributed by atoms with Crippen molar-refractivity contribution in [1.82, 2.24) is 9.21 Å². The Morgan fingerprint density at radius 3 is 2.84 bits per heavy atom. The first kappa shape index (κ1) is 22.4. The number of likely N-dealkylation sites (N-methyl/N-ethyl adjacent to an activating group) is 1. The Kier molecular flexibility index (Phi) is 6.50. The fraction of sp³-hybridized carbons (Fsp3) is 0.500. The predicted molar refractivity (Wildman–Crippen MR) is 120 cm³/mol. The maximum atomic E-state index is 13.2. The highest BCUT2D eigenvalue weighted by atomic mass is 32.2. The number of anilines is 1. The molecule has 1 fully saturated rings. The van der Waals surface area contributed by atoms with Gasteiger partial charge in [0.25, 0.3) is 10.0 Å². The molecule has 8 nitrogen and oxygen atoms in total. The first-order chi connectivity index (χ1) is 14.8. The zero-order chi connectivity index (χ0) is 22.2. The van der Waals surface area contributed by atoms with Gasteiger partial charge in [0.05, 0.1) is 12.2 Å². The van der Waals surface area contributed by atoms with Crippen LogP contribution in [0.4, 0.5) is 5.00 Å². The van der Waals surface area contributed by atoms with Crippen molar-refractivity contribution < 1.29 is 22.7 Å². The van der Waals surface area contributed by atoms with E-state index in [-0.39, 0.29) is 10.8 Å². The molecule has 0 radical (unpaired) electrons. The van der Waals surface area contributed by atoms with E-state index in [0.717, 1.165) is 28.3 Å². The summed E-state index contributed by atoms with van der Waals surface area (Å²) in [6, 6.07) is 2.43. The van der Waals surface area contributed by atoms with Crippen LogP contribution in [0.2, 0.25) is 0 Å². The SMILES string of the molecule is CCOC(=O)c1c(NC(=O)C2CCCN2S(=O)(=O)c2cccs2)sc2c1CCN(C)C2. The first-order valence-corrected chi connectivity index (χ1v) is 13.3. The Labute approximate surface area is 189 Å². The monoisotopic (exact) mass is 483 g/mol. The Morgan fingerprint density at radius 1 is 1.32 bits per heavy atom. The van der Waals surface area contributed by atoms with Crippen molar-refractivity contribution in [2.45, 2.75) is 43.0 Å². The normalized spacial score (nSPS) is 19.9. The van der Waals surface area contributed by atoms with Gasteiger partial charge in [-0.2, -0.15) is 4.31 Å². The van der Waals surface area contributed by atoms with E-state index in [2.05, 4.69) is 10.2 Å². The number of nitrogens with zero attached hydrogens (tertiary/aromatic N) is 2. The van der Waals surface area contributed by atoms with Gasteiger partial charge in [0.1, 0.15) is 15.3 Å². The number of carbonyl (C=O) groups is 2. The molecule has 4 rings (SSSR count). The topological polar surface area (TPSA) is 96.0 Å². The number of ether oxygens (including phenoxy) is 1. The first-order valence-electron chi connectivity index (χ1n) is 10.2. The Morgan fingerprint density at radius 2 is 2.13 bits per heavy atom. The van der Waals surface area contributed by atoms with Crippen LogP contribution < -0.4 is 5.32 Å². The molecular weight excluding hydrogens is 458 g/mol. The minimum absolute atomic E-state index is 0.231. The smallest absolute Gasteiger partial charge is 0.341 e. The number of hydrogen-bond acceptors (Lipinski definition) is 8. The molecule has 4 heterocycles. The average Bonchev–Trinajstić information content (AvgIpc) is 3.47. The van der Waals surface area contributed by atoms with E-state index < -0.39 is 27.9 Å². The van der Waals surface area contributed by atoms with Crippen molar-refractivity contribution in [1.29, 1.82) is 0 Å². The molecule has 0 aliphatic carbocycles. The van der Waals surface area contributed by atoms with Crippen LogP contribution in [0.15, 0.2) is 21.7 Å². The van der Waals surface area contributed by atoms with Gasteiger partial charge in [-0.1, -0.05) is 6.07 Å². The minimum Gasteiger partial charge on any atom is -0.462 e. The molecule has 0 spiro atoms. The molecule has 2 aliphatic rings. The fourth-order valence-corrected chi connectivity index (χ4v) is 8.14. The summed E-state index contributed by atoms with van der Waals surface area (Å²) in [4.78, 5) is 29.0. The van der Waals surface area contributed by atoms with Crippen molar-refractivity contribution in [3.63, 3.8) is 0 Å². The van der Waals surface area contributed by atoms with Gasteiger partial charge >= 0.3 is 5.97 Å². The van der Waals surface area contributed by atoms with E-state index >= 15 is 0 Å². The molecule has 2 aromatic rings. The molecular formula is C20H25N3O5S3. The summed E-state index contributed by atoms with van der Waals surface area (Å²) >= 11 is 2.51. The lowest BCUT2D eigenvalue weighted by atomic mass is 10.0. The molecule has 2 aromatic heterocycles. The number of thiophene rings is 2. The number of nitrogens with one attached hydrogen (secondary N) is 1. The maximum Gasteiger partial charge on any atom is 0.341 e. The second kappa shape index (κ2) is 8.99. The molecule has 31 heavy (non-hydrogen) atoms. The third kappa shape index (κ3) is 4.29. The molecule has 11 heteroatoms. The van der Waals surface area contributed by atoms with Crippen LogP contribution in [0.25, 0.3) is 0 Å². The van der Waals surface area contributed by atoms with E-state index in [9.17, 15) is 18.0 Å². The molecule has 1 atom stereocenters. The van der Waals surface area contributed by atoms with Crippen LogP contribution in [0.3, 0.4) is 0 Å². The second-order valence-electron chi connectivity index (χ2n) is 7.61. The van der Waals surface area contributed by atoms with Crippen molar-refractivity contribution in [3.8, 4) is 0 Å². The molecule has 1 saturated heterocycles. The molecule has 2 aliphatic heterocycles. The number of sulfonamides is 1. The van der Waals surface area contributed by atoms with Crippen molar-refractivity contribution in [2.75, 3.05) is 32.1 Å². The maximum absolute atomic E-state index is 13.2. The molecule has 0 aromatic carbocycles. The van der Waals surface area contributed by atoms with Gasteiger partial charge < -0.3 is 15.0 Å². The van der Waals surface area contributed by atoms with Crippen LogP contribution in [-0.2, 0) is 32.5 Å². The van der Waals surface area contributed by atoms with Crippen LogP contribution in [-0.4, -0.2) is 62.3 Å². The molecule has 1 N–H and O–H groups in total. The van der Waals surface area contributed by atoms with E-state index in [1.165, 1.54) is 15.6 Å². The number of amides is 1. The van der Waals surface area contributed by atoms with E-state index in [0.29, 0.717) is 42.9 Å². The van der Waals surface area contributed by atoms with Crippen LogP contribution >= 0.6 is 22.7 Å². The number of fused-ring (bicyclic) bond motifs is 1. The number of carbonyl (C=O) groups excluding carboxylic acids is 2. The van der Waals surface area contributed by atoms with Crippen molar-refractivity contribution >= 4 is 49.6 Å². The third-order valence-corrected chi connectivity index (χ3v) is 9.94. The number of esters is 1. The van der Waals surface area contributed by atoms with Gasteiger partial charge in [-0.05, 0) is 50.2 Å². The van der Waals surface area contributed by atoms with Gasteiger partial charge in [-0.15, -0.1) is 22.7 Å². The van der Waals surface area contributed by atoms with E-state index in [4.69, 9.17) is 4.74 Å². The summed E-state index contributed by atoms with van der Waals surface area (Å²) in [5.41, 5.74) is 1.33. The Hall–Kier alpha value is -1.79. The Bertz CT molecular complexity index is 1080. The van der Waals surface area contributed by atoms with Crippen LogP contribution in [0.1, 0.15) is 40.6 Å². The largest absolute Gasteiger partial charge is 0.462 e. The number of rotatable bonds is 6. The lowest BCUT2D eigenvalue weighted by Crippen LogP contribution is -2.42. The summed E-state index contributed by atoms with van der Waals surface area (Å²) in [5.74, 6) is -0.857. The molecule has 168 valence electrons. The van der Waals surface area contributed by atoms with Gasteiger partial charge in [0, 0.05) is 24.5 Å². The number of hydrogen-bond donors (Lipinski definition) is 1. The summed E-state index contributed by atoms with van der Waals surface area (Å²) in [5, 5.41) is 5.02. The third-order valence-electron chi connectivity index (χ3n) is 5.53. The summed E-state index contributed by atoms with van der Waals surface area (Å²) in [6.07, 6.45) is 1.76. The van der Waals surface area contributed by atoms with Crippen LogP contribution in [0, 0.1) is 0 Å². The van der Waals surface area contributed by atoms with Gasteiger partial charge in [-0.25, -0.2) is 13.2 Å². The molecule has 1 unspecified atom stereocenters. The molecule has 0 saturated carbocycles. The lowest BCUT2D eigenvalue weighted by molar-refractivity contribution is -0.119. The Balaban J connectivity index is 1.61. The lowest BCUT2D eigenvalue weighted by Gasteiger charge is -2.22. The zero-order valence-electron chi connectivity index (χ0n) is 17.4. The van der Waals surface area contributed by atoms with Crippen molar-refractivity contribution in [3.05, 3.63) is 33.5 Å². The van der Waals surface area contributed by atoms with Crippen LogP contribution in [0.5, 0.6) is 0 Å². The molecule has 1 amide bonds. The second-order valence-corrected chi connectivity index (χ2v) is 11.8. The van der Waals surface area contributed by atoms with Gasteiger partial charge in [0.15, 0.2) is 0 Å². The highest BCUT2D eigenvalue weighted by Crippen LogP contribution is 2.38. The minimum atomic E-state index is -3.73. The zero-order valence-corrected chi connectivity index (χ0v) is 19.9. The van der Waals surface area contributed by atoms with E-state index in [1.807, 2.05) is 7.05 Å². The van der Waals surface area contributed by atoms with Gasteiger partial charge in [0.2, 0.25) is 5.91 Å². The summed E-state index contributed by atoms with van der Waals surface area (Å²) < 4.78 is 32.8. The summed E-state index contributed by atoms with van der Waals surface area (Å²) in [6.45, 7) is 3.80. The fourth-order valence-electron chi connectivity index (χ4n) is 4.05. The average molecular weight is 484 g/mol. The standard InChI is InChI=1S/C20H25N3O5S3/c1-3-28-20(25)17-13-8-10-22(2)12-15(13)30-19(17)21-18(24)14-6-4-9-23(14)31(26,27)16-7-5-11-29-16/h5,7,11,14H,3-4,6,8-10,12H2,1-2H3,(H,21,24). The van der Waals surface area contributed by atoms with Crippen molar-refractivity contribution in [2.24, 2.45) is 0 Å².